The normalized spacial score (nSPS) is 11.0. The van der Waals surface area contributed by atoms with Gasteiger partial charge in [0.05, 0.1) is 12.6 Å². The van der Waals surface area contributed by atoms with Crippen molar-refractivity contribution in [3.63, 3.8) is 0 Å². The van der Waals surface area contributed by atoms with Gasteiger partial charge in [-0.2, -0.15) is 0 Å². The lowest BCUT2D eigenvalue weighted by Crippen LogP contribution is -2.25. The zero-order valence-corrected chi connectivity index (χ0v) is 14.7. The van der Waals surface area contributed by atoms with Crippen LogP contribution in [0.25, 0.3) is 0 Å². The summed E-state index contributed by atoms with van der Waals surface area (Å²) >= 11 is 0. The third-order valence-corrected chi connectivity index (χ3v) is 3.63. The van der Waals surface area contributed by atoms with Gasteiger partial charge in [0.2, 0.25) is 5.91 Å². The average molecular weight is 333 g/mol. The van der Waals surface area contributed by atoms with E-state index in [-0.39, 0.29) is 11.9 Å². The monoisotopic (exact) mass is 333 g/mol. The van der Waals surface area contributed by atoms with Gasteiger partial charge in [0.1, 0.15) is 5.75 Å². The molecule has 0 spiro atoms. The van der Waals surface area contributed by atoms with E-state index in [4.69, 9.17) is 4.74 Å². The maximum absolute atomic E-state index is 11.6. The molecule has 0 aliphatic heterocycles. The van der Waals surface area contributed by atoms with Crippen LogP contribution in [-0.4, -0.2) is 12.5 Å². The van der Waals surface area contributed by atoms with Crippen LogP contribution in [0.2, 0.25) is 0 Å². The molecule has 1 amide bonds. The molecule has 1 unspecified atom stereocenters. The van der Waals surface area contributed by atoms with Crippen LogP contribution in [0.5, 0.6) is 5.75 Å². The predicted molar refractivity (Wildman–Crippen MR) is 101 cm³/mol. The van der Waals surface area contributed by atoms with Gasteiger partial charge in [0.15, 0.2) is 0 Å². The van der Waals surface area contributed by atoms with Crippen LogP contribution < -0.4 is 10.1 Å². The van der Waals surface area contributed by atoms with Crippen molar-refractivity contribution in [3.8, 4) is 17.6 Å². The van der Waals surface area contributed by atoms with E-state index < -0.39 is 0 Å². The van der Waals surface area contributed by atoms with Crippen LogP contribution in [0.1, 0.15) is 43.0 Å². The molecule has 0 aliphatic rings. The van der Waals surface area contributed by atoms with Crippen molar-refractivity contribution in [2.45, 2.75) is 26.3 Å². The van der Waals surface area contributed by atoms with Gasteiger partial charge in [-0.3, -0.25) is 4.79 Å². The summed E-state index contributed by atoms with van der Waals surface area (Å²) in [7, 11) is 0. The second-order valence-corrected chi connectivity index (χ2v) is 5.61. The van der Waals surface area contributed by atoms with Crippen molar-refractivity contribution in [2.75, 3.05) is 6.61 Å². The van der Waals surface area contributed by atoms with Crippen LogP contribution in [0.4, 0.5) is 0 Å². The van der Waals surface area contributed by atoms with Crippen LogP contribution in [0.3, 0.4) is 0 Å². The molecule has 0 fully saturated rings. The molecule has 25 heavy (non-hydrogen) atoms. The van der Waals surface area contributed by atoms with Crippen LogP contribution >= 0.6 is 0 Å². The zero-order valence-electron chi connectivity index (χ0n) is 14.7. The molecule has 0 radical (unpaired) electrons. The molecule has 2 rings (SSSR count). The second kappa shape index (κ2) is 9.34. The highest BCUT2D eigenvalue weighted by atomic mass is 16.5. The summed E-state index contributed by atoms with van der Waals surface area (Å²) in [5.74, 6) is 7.12. The SMILES string of the molecule is C=CCC(=O)NC(C)c1ccc(C#Cc2ccc(OCC)cc2)cc1. The summed E-state index contributed by atoms with van der Waals surface area (Å²) in [5.41, 5.74) is 2.92. The fourth-order valence-corrected chi connectivity index (χ4v) is 2.32. The van der Waals surface area contributed by atoms with E-state index in [2.05, 4.69) is 23.7 Å². The number of carbonyl (C=O) groups is 1. The molecule has 0 bridgehead atoms. The van der Waals surface area contributed by atoms with Crippen molar-refractivity contribution in [1.82, 2.24) is 5.32 Å². The molecule has 0 saturated carbocycles. The van der Waals surface area contributed by atoms with Gasteiger partial charge in [-0.05, 0) is 55.8 Å². The molecular formula is C22H23NO2. The molecule has 2 aromatic carbocycles. The summed E-state index contributed by atoms with van der Waals surface area (Å²) in [6, 6.07) is 15.6. The topological polar surface area (TPSA) is 38.3 Å². The molecule has 0 heterocycles. The van der Waals surface area contributed by atoms with E-state index in [0.29, 0.717) is 13.0 Å². The first-order valence-electron chi connectivity index (χ1n) is 8.37. The summed E-state index contributed by atoms with van der Waals surface area (Å²) in [6.45, 7) is 8.15. The average Bonchev–Trinajstić information content (AvgIpc) is 2.62. The first kappa shape index (κ1) is 18.4. The lowest BCUT2D eigenvalue weighted by Gasteiger charge is -2.13. The van der Waals surface area contributed by atoms with E-state index >= 15 is 0 Å². The van der Waals surface area contributed by atoms with E-state index in [1.807, 2.05) is 62.4 Å². The zero-order chi connectivity index (χ0) is 18.1. The third-order valence-electron chi connectivity index (χ3n) is 3.63. The van der Waals surface area contributed by atoms with Gasteiger partial charge in [-0.25, -0.2) is 0 Å². The fourth-order valence-electron chi connectivity index (χ4n) is 2.32. The van der Waals surface area contributed by atoms with Crippen molar-refractivity contribution >= 4 is 5.91 Å². The first-order chi connectivity index (χ1) is 12.1. The Morgan fingerprint density at radius 3 is 2.20 bits per heavy atom. The smallest absolute Gasteiger partial charge is 0.224 e. The van der Waals surface area contributed by atoms with Crippen molar-refractivity contribution in [1.29, 1.82) is 0 Å². The summed E-state index contributed by atoms with van der Waals surface area (Å²) < 4.78 is 5.42. The van der Waals surface area contributed by atoms with E-state index in [9.17, 15) is 4.79 Å². The minimum Gasteiger partial charge on any atom is -0.494 e. The first-order valence-corrected chi connectivity index (χ1v) is 8.37. The number of amides is 1. The van der Waals surface area contributed by atoms with E-state index in [1.165, 1.54) is 0 Å². The van der Waals surface area contributed by atoms with Gasteiger partial charge in [-0.1, -0.05) is 30.0 Å². The van der Waals surface area contributed by atoms with E-state index in [1.54, 1.807) is 6.08 Å². The minimum atomic E-state index is -0.0411. The number of rotatable bonds is 6. The molecule has 0 aromatic heterocycles. The number of benzene rings is 2. The molecule has 0 aliphatic carbocycles. The predicted octanol–water partition coefficient (Wildman–Crippen LogP) is 4.24. The summed E-state index contributed by atoms with van der Waals surface area (Å²) in [4.78, 5) is 11.6. The highest BCUT2D eigenvalue weighted by Gasteiger charge is 2.07. The Kier molecular flexibility index (Phi) is 6.86. The summed E-state index contributed by atoms with van der Waals surface area (Å²) in [6.07, 6.45) is 1.93. The highest BCUT2D eigenvalue weighted by Crippen LogP contribution is 2.14. The Morgan fingerprint density at radius 1 is 1.12 bits per heavy atom. The van der Waals surface area contributed by atoms with Gasteiger partial charge in [0, 0.05) is 17.5 Å². The van der Waals surface area contributed by atoms with Gasteiger partial charge >= 0.3 is 0 Å². The lowest BCUT2D eigenvalue weighted by atomic mass is 10.1. The van der Waals surface area contributed by atoms with Crippen molar-refractivity contribution in [2.24, 2.45) is 0 Å². The van der Waals surface area contributed by atoms with Crippen LogP contribution in [0, 0.1) is 11.8 Å². The van der Waals surface area contributed by atoms with Gasteiger partial charge < -0.3 is 10.1 Å². The Labute approximate surface area is 149 Å². The molecule has 3 nitrogen and oxygen atoms in total. The third kappa shape index (κ3) is 5.86. The second-order valence-electron chi connectivity index (χ2n) is 5.61. The summed E-state index contributed by atoms with van der Waals surface area (Å²) in [5, 5.41) is 2.93. The molecule has 1 atom stereocenters. The standard InChI is InChI=1S/C22H23NO2/c1-4-6-22(24)23-17(3)20-13-9-18(10-14-20)7-8-19-11-15-21(16-12-19)25-5-2/h4,9-17H,1,5-6H2,2-3H3,(H,23,24). The Morgan fingerprint density at radius 2 is 1.68 bits per heavy atom. The maximum atomic E-state index is 11.6. The number of hydrogen-bond donors (Lipinski definition) is 1. The molecule has 1 N–H and O–H groups in total. The van der Waals surface area contributed by atoms with Crippen molar-refractivity contribution in [3.05, 3.63) is 77.9 Å². The Hall–Kier alpha value is -2.99. The number of carbonyl (C=O) groups excluding carboxylic acids is 1. The Bertz CT molecular complexity index is 764. The van der Waals surface area contributed by atoms with Gasteiger partial charge in [-0.15, -0.1) is 6.58 Å². The number of hydrogen-bond acceptors (Lipinski definition) is 2. The minimum absolute atomic E-state index is 0.0260. The Balaban J connectivity index is 2.00. The fraction of sp³-hybridized carbons (Fsp3) is 0.227. The molecule has 128 valence electrons. The highest BCUT2D eigenvalue weighted by molar-refractivity contribution is 5.77. The molecule has 3 heteroatoms. The van der Waals surface area contributed by atoms with Gasteiger partial charge in [0.25, 0.3) is 0 Å². The molecule has 0 saturated heterocycles. The molecular weight excluding hydrogens is 310 g/mol. The lowest BCUT2D eigenvalue weighted by molar-refractivity contribution is -0.120. The largest absolute Gasteiger partial charge is 0.494 e. The maximum Gasteiger partial charge on any atom is 0.224 e. The molecule has 2 aromatic rings. The van der Waals surface area contributed by atoms with E-state index in [0.717, 1.165) is 22.4 Å². The quantitative estimate of drug-likeness (QED) is 0.634. The number of nitrogens with one attached hydrogen (secondary N) is 1. The number of ether oxygens (including phenoxy) is 1. The van der Waals surface area contributed by atoms with Crippen molar-refractivity contribution < 1.29 is 9.53 Å². The van der Waals surface area contributed by atoms with Crippen LogP contribution in [-0.2, 0) is 4.79 Å². The van der Waals surface area contributed by atoms with Crippen LogP contribution in [0.15, 0.2) is 61.2 Å².